The van der Waals surface area contributed by atoms with Crippen molar-refractivity contribution in [3.63, 3.8) is 0 Å². The van der Waals surface area contributed by atoms with Crippen LogP contribution in [0.3, 0.4) is 0 Å². The molecule has 1 aliphatic heterocycles. The first-order valence-electron chi connectivity index (χ1n) is 9.71. The molecule has 1 saturated heterocycles. The highest BCUT2D eigenvalue weighted by molar-refractivity contribution is 14.0. The van der Waals surface area contributed by atoms with E-state index < -0.39 is 15.5 Å². The van der Waals surface area contributed by atoms with Crippen LogP contribution < -0.4 is 10.6 Å². The van der Waals surface area contributed by atoms with Gasteiger partial charge in [-0.1, -0.05) is 0 Å². The highest BCUT2D eigenvalue weighted by atomic mass is 127. The van der Waals surface area contributed by atoms with E-state index in [9.17, 15) is 21.6 Å². The van der Waals surface area contributed by atoms with E-state index in [1.165, 1.54) is 0 Å². The molecule has 0 aromatic carbocycles. The van der Waals surface area contributed by atoms with Gasteiger partial charge in [0.25, 0.3) is 0 Å². The Bertz CT molecular complexity index is 777. The van der Waals surface area contributed by atoms with E-state index in [-0.39, 0.29) is 43.0 Å². The van der Waals surface area contributed by atoms with Crippen LogP contribution in [0.2, 0.25) is 0 Å². The number of nitrogens with zero attached hydrogens (tertiary/aromatic N) is 4. The highest BCUT2D eigenvalue weighted by Gasteiger charge is 2.50. The van der Waals surface area contributed by atoms with Gasteiger partial charge in [-0.05, 0) is 44.6 Å². The molecule has 0 bridgehead atoms. The van der Waals surface area contributed by atoms with Gasteiger partial charge in [0.15, 0.2) is 5.96 Å². The Morgan fingerprint density at radius 1 is 1.30 bits per heavy atom. The van der Waals surface area contributed by atoms with Crippen LogP contribution in [0.4, 0.5) is 13.2 Å². The average molecular weight is 566 g/mol. The van der Waals surface area contributed by atoms with Gasteiger partial charge in [0.1, 0.15) is 0 Å². The van der Waals surface area contributed by atoms with E-state index in [4.69, 9.17) is 0 Å². The zero-order valence-electron chi connectivity index (χ0n) is 17.2. The monoisotopic (exact) mass is 566 g/mol. The molecule has 0 amide bonds. The number of sulfonamides is 1. The third-order valence-corrected chi connectivity index (χ3v) is 6.31. The zero-order valence-corrected chi connectivity index (χ0v) is 20.3. The lowest BCUT2D eigenvalue weighted by molar-refractivity contribution is -0.0496. The number of halogens is 4. The van der Waals surface area contributed by atoms with Gasteiger partial charge >= 0.3 is 15.5 Å². The first-order valence-corrected chi connectivity index (χ1v) is 11.1. The zero-order chi connectivity index (χ0) is 21.5. The Balaban J connectivity index is 0.00000450. The van der Waals surface area contributed by atoms with Gasteiger partial charge in [-0.25, -0.2) is 8.42 Å². The minimum absolute atomic E-state index is 0. The third kappa shape index (κ3) is 7.87. The Morgan fingerprint density at radius 2 is 1.97 bits per heavy atom. The second-order valence-corrected chi connectivity index (χ2v) is 9.00. The topological polar surface area (TPSA) is 91.6 Å². The molecule has 0 radical (unpaired) electrons. The number of hydrogen-bond acceptors (Lipinski definition) is 4. The van der Waals surface area contributed by atoms with E-state index in [1.807, 2.05) is 30.9 Å². The van der Waals surface area contributed by atoms with Crippen molar-refractivity contribution < 1.29 is 21.6 Å². The number of nitrogens with one attached hydrogen (secondary N) is 2. The summed E-state index contributed by atoms with van der Waals surface area (Å²) in [6.45, 7) is 6.29. The SMILES string of the molecule is CCNC(=NCC1CCN(S(=O)(=O)C(F)(F)F)CC1)NCCCn1cc(C)cn1.I. The third-order valence-electron chi connectivity index (χ3n) is 4.68. The summed E-state index contributed by atoms with van der Waals surface area (Å²) >= 11 is 0. The summed E-state index contributed by atoms with van der Waals surface area (Å²) in [4.78, 5) is 4.50. The lowest BCUT2D eigenvalue weighted by Crippen LogP contribution is -2.45. The van der Waals surface area contributed by atoms with Crippen molar-refractivity contribution in [3.8, 4) is 0 Å². The van der Waals surface area contributed by atoms with Crippen molar-refractivity contribution in [1.29, 1.82) is 0 Å². The molecule has 13 heteroatoms. The maximum Gasteiger partial charge on any atom is 0.511 e. The van der Waals surface area contributed by atoms with Gasteiger partial charge in [0.2, 0.25) is 0 Å². The predicted molar refractivity (Wildman–Crippen MR) is 120 cm³/mol. The summed E-state index contributed by atoms with van der Waals surface area (Å²) < 4.78 is 63.2. The predicted octanol–water partition coefficient (Wildman–Crippen LogP) is 2.32. The van der Waals surface area contributed by atoms with Gasteiger partial charge in [0.05, 0.1) is 6.20 Å². The second-order valence-electron chi connectivity index (χ2n) is 7.07. The van der Waals surface area contributed by atoms with E-state index in [0.29, 0.717) is 42.7 Å². The van der Waals surface area contributed by atoms with E-state index >= 15 is 0 Å². The molecular weight excluding hydrogens is 536 g/mol. The molecule has 1 aromatic heterocycles. The molecule has 2 N–H and O–H groups in total. The highest BCUT2D eigenvalue weighted by Crippen LogP contribution is 2.30. The fourth-order valence-electron chi connectivity index (χ4n) is 3.08. The van der Waals surface area contributed by atoms with Gasteiger partial charge in [0, 0.05) is 45.5 Å². The average Bonchev–Trinajstić information content (AvgIpc) is 3.07. The number of hydrogen-bond donors (Lipinski definition) is 2. The molecule has 30 heavy (non-hydrogen) atoms. The fourth-order valence-corrected chi connectivity index (χ4v) is 4.06. The molecule has 2 rings (SSSR count). The van der Waals surface area contributed by atoms with Crippen LogP contribution in [0, 0.1) is 12.8 Å². The number of guanidine groups is 1. The molecule has 2 heterocycles. The molecule has 1 fully saturated rings. The number of aryl methyl sites for hydroxylation is 2. The molecule has 0 spiro atoms. The summed E-state index contributed by atoms with van der Waals surface area (Å²) in [5, 5.41) is 10.6. The number of rotatable bonds is 8. The fraction of sp³-hybridized carbons (Fsp3) is 0.765. The largest absolute Gasteiger partial charge is 0.511 e. The summed E-state index contributed by atoms with van der Waals surface area (Å²) in [5.41, 5.74) is -4.13. The maximum absolute atomic E-state index is 12.6. The summed E-state index contributed by atoms with van der Waals surface area (Å²) in [7, 11) is -5.23. The molecule has 1 aromatic rings. The van der Waals surface area contributed by atoms with Crippen LogP contribution in [0.25, 0.3) is 0 Å². The van der Waals surface area contributed by atoms with E-state index in [0.717, 1.165) is 18.5 Å². The molecule has 0 unspecified atom stereocenters. The van der Waals surface area contributed by atoms with Gasteiger partial charge in [-0.2, -0.15) is 22.6 Å². The molecule has 1 aliphatic rings. The molecule has 8 nitrogen and oxygen atoms in total. The lowest BCUT2D eigenvalue weighted by atomic mass is 9.98. The standard InChI is InChI=1S/C17H29F3N6O2S.HI/c1-3-21-16(22-7-4-8-25-13-14(2)11-24-25)23-12-15-5-9-26(10-6-15)29(27,28)17(18,19)20;/h11,13,15H,3-10,12H2,1-2H3,(H2,21,22,23);1H. The Morgan fingerprint density at radius 3 is 2.50 bits per heavy atom. The summed E-state index contributed by atoms with van der Waals surface area (Å²) in [6.07, 6.45) is 5.36. The van der Waals surface area contributed by atoms with Gasteiger partial charge < -0.3 is 10.6 Å². The summed E-state index contributed by atoms with van der Waals surface area (Å²) in [5.74, 6) is 0.701. The van der Waals surface area contributed by atoms with Gasteiger partial charge in [-0.3, -0.25) is 9.67 Å². The van der Waals surface area contributed by atoms with Crippen LogP contribution in [-0.2, 0) is 16.6 Å². The number of alkyl halides is 3. The lowest BCUT2D eigenvalue weighted by Gasteiger charge is -2.30. The Hall–Kier alpha value is -1.09. The first-order chi connectivity index (χ1) is 13.6. The van der Waals surface area contributed by atoms with Crippen molar-refractivity contribution in [3.05, 3.63) is 18.0 Å². The normalized spacial score (nSPS) is 16.9. The molecular formula is C17H30F3IN6O2S. The van der Waals surface area contributed by atoms with Crippen molar-refractivity contribution in [1.82, 2.24) is 24.7 Å². The van der Waals surface area contributed by atoms with Gasteiger partial charge in [-0.15, -0.1) is 24.0 Å². The van der Waals surface area contributed by atoms with Crippen molar-refractivity contribution in [2.75, 3.05) is 32.7 Å². The van der Waals surface area contributed by atoms with Crippen LogP contribution in [-0.4, -0.2) is 66.7 Å². The quantitative estimate of drug-likeness (QED) is 0.218. The number of aliphatic imine (C=N–C) groups is 1. The van der Waals surface area contributed by atoms with Crippen molar-refractivity contribution >= 4 is 40.0 Å². The van der Waals surface area contributed by atoms with E-state index in [1.54, 1.807) is 0 Å². The minimum Gasteiger partial charge on any atom is -0.357 e. The van der Waals surface area contributed by atoms with Crippen molar-refractivity contribution in [2.45, 2.75) is 45.2 Å². The number of aromatic nitrogens is 2. The van der Waals surface area contributed by atoms with Crippen LogP contribution >= 0.6 is 24.0 Å². The molecule has 0 aliphatic carbocycles. The van der Waals surface area contributed by atoms with Crippen molar-refractivity contribution in [2.24, 2.45) is 10.9 Å². The molecule has 174 valence electrons. The first kappa shape index (κ1) is 26.9. The number of piperidine rings is 1. The van der Waals surface area contributed by atoms with E-state index in [2.05, 4.69) is 20.7 Å². The summed E-state index contributed by atoms with van der Waals surface area (Å²) in [6, 6.07) is 0. The van der Waals surface area contributed by atoms with Crippen LogP contribution in [0.5, 0.6) is 0 Å². The minimum atomic E-state index is -5.24. The molecule has 0 saturated carbocycles. The maximum atomic E-state index is 12.6. The second kappa shape index (κ2) is 12.1. The molecule has 0 atom stereocenters. The van der Waals surface area contributed by atoms with Crippen LogP contribution in [0.15, 0.2) is 17.4 Å². The Kier molecular flexibility index (Phi) is 10.8. The smallest absolute Gasteiger partial charge is 0.357 e. The van der Waals surface area contributed by atoms with Crippen LogP contribution in [0.1, 0.15) is 31.7 Å². The Labute approximate surface area is 192 Å².